The van der Waals surface area contributed by atoms with Crippen LogP contribution in [-0.4, -0.2) is 47.1 Å². The van der Waals surface area contributed by atoms with E-state index in [-0.39, 0.29) is 11.8 Å². The van der Waals surface area contributed by atoms with Crippen molar-refractivity contribution in [2.24, 2.45) is 0 Å². The van der Waals surface area contributed by atoms with Crippen molar-refractivity contribution in [3.05, 3.63) is 34.9 Å². The summed E-state index contributed by atoms with van der Waals surface area (Å²) in [7, 11) is 0. The van der Waals surface area contributed by atoms with E-state index in [1.54, 1.807) is 16.7 Å². The van der Waals surface area contributed by atoms with Crippen LogP contribution in [0.5, 0.6) is 0 Å². The number of benzene rings is 1. The molecule has 8 heteroatoms. The predicted octanol–water partition coefficient (Wildman–Crippen LogP) is 1.77. The number of urea groups is 1. The average Bonchev–Trinajstić information content (AvgIpc) is 2.81. The first-order chi connectivity index (χ1) is 11.5. The van der Waals surface area contributed by atoms with E-state index in [9.17, 15) is 14.4 Å². The van der Waals surface area contributed by atoms with Crippen molar-refractivity contribution in [1.29, 1.82) is 0 Å². The lowest BCUT2D eigenvalue weighted by molar-refractivity contribution is -0.133. The van der Waals surface area contributed by atoms with Crippen LogP contribution >= 0.6 is 23.4 Å². The number of imide groups is 1. The van der Waals surface area contributed by atoms with E-state index in [1.807, 2.05) is 24.3 Å². The molecule has 6 nitrogen and oxygen atoms in total. The zero-order valence-electron chi connectivity index (χ0n) is 13.0. The number of nitrogens with one attached hydrogen (secondary N) is 2. The Balaban J connectivity index is 1.45. The second-order valence-electron chi connectivity index (χ2n) is 5.99. The summed E-state index contributed by atoms with van der Waals surface area (Å²) >= 11 is 7.49. The Bertz CT molecular complexity index is 674. The standard InChI is InChI=1S/C16H18ClN3O3S/c17-12-3-1-2-11(8-12)9-24-10-13(21)20-6-4-16(5-7-20)14(22)18-15(23)19-16/h1-3,8H,4-7,9-10H2,(H2,18,19,22,23). The highest BCUT2D eigenvalue weighted by atomic mass is 35.5. The van der Waals surface area contributed by atoms with Crippen molar-refractivity contribution >= 4 is 41.2 Å². The number of hydrogen-bond donors (Lipinski definition) is 2. The molecule has 2 fully saturated rings. The van der Waals surface area contributed by atoms with E-state index in [0.29, 0.717) is 36.7 Å². The number of halogens is 1. The Hall–Kier alpha value is -1.73. The molecule has 2 N–H and O–H groups in total. The zero-order chi connectivity index (χ0) is 17.2. The molecule has 2 heterocycles. The van der Waals surface area contributed by atoms with Gasteiger partial charge in [0.05, 0.1) is 5.75 Å². The van der Waals surface area contributed by atoms with Crippen LogP contribution in [-0.2, 0) is 15.3 Å². The van der Waals surface area contributed by atoms with Crippen LogP contribution in [0.3, 0.4) is 0 Å². The second kappa shape index (κ2) is 7.03. The molecule has 1 spiro atoms. The maximum atomic E-state index is 12.3. The number of rotatable bonds is 4. The van der Waals surface area contributed by atoms with Gasteiger partial charge in [-0.25, -0.2) is 4.79 Å². The van der Waals surface area contributed by atoms with Gasteiger partial charge in [-0.05, 0) is 30.5 Å². The topological polar surface area (TPSA) is 78.5 Å². The highest BCUT2D eigenvalue weighted by molar-refractivity contribution is 7.99. The third-order valence-corrected chi connectivity index (χ3v) is 5.59. The minimum absolute atomic E-state index is 0.0570. The number of carbonyl (C=O) groups is 3. The minimum Gasteiger partial charge on any atom is -0.342 e. The van der Waals surface area contributed by atoms with Gasteiger partial charge in [0.2, 0.25) is 5.91 Å². The Labute approximate surface area is 149 Å². The van der Waals surface area contributed by atoms with Crippen molar-refractivity contribution in [1.82, 2.24) is 15.5 Å². The fourth-order valence-electron chi connectivity index (χ4n) is 2.99. The maximum Gasteiger partial charge on any atom is 0.322 e. The van der Waals surface area contributed by atoms with Crippen molar-refractivity contribution in [3.8, 4) is 0 Å². The van der Waals surface area contributed by atoms with Gasteiger partial charge in [-0.2, -0.15) is 0 Å². The monoisotopic (exact) mass is 367 g/mol. The first-order valence-corrected chi connectivity index (χ1v) is 9.25. The highest BCUT2D eigenvalue weighted by Crippen LogP contribution is 2.26. The fourth-order valence-corrected chi connectivity index (χ4v) is 4.08. The van der Waals surface area contributed by atoms with Gasteiger partial charge >= 0.3 is 6.03 Å². The molecule has 128 valence electrons. The second-order valence-corrected chi connectivity index (χ2v) is 7.42. The van der Waals surface area contributed by atoms with Crippen molar-refractivity contribution in [2.75, 3.05) is 18.8 Å². The van der Waals surface area contributed by atoms with Crippen LogP contribution in [0.15, 0.2) is 24.3 Å². The molecule has 2 aliphatic rings. The number of nitrogens with zero attached hydrogens (tertiary/aromatic N) is 1. The van der Waals surface area contributed by atoms with Crippen LogP contribution in [0.4, 0.5) is 4.79 Å². The quantitative estimate of drug-likeness (QED) is 0.795. The molecule has 4 amide bonds. The summed E-state index contributed by atoms with van der Waals surface area (Å²) in [6, 6.07) is 7.14. The molecule has 24 heavy (non-hydrogen) atoms. The van der Waals surface area contributed by atoms with Gasteiger partial charge < -0.3 is 10.2 Å². The van der Waals surface area contributed by atoms with E-state index < -0.39 is 11.6 Å². The molecule has 0 bridgehead atoms. The van der Waals surface area contributed by atoms with E-state index in [0.717, 1.165) is 11.3 Å². The summed E-state index contributed by atoms with van der Waals surface area (Å²) in [5.41, 5.74) is 0.255. The maximum absolute atomic E-state index is 12.3. The van der Waals surface area contributed by atoms with Crippen LogP contribution in [0, 0.1) is 0 Å². The summed E-state index contributed by atoms with van der Waals surface area (Å²) in [6.45, 7) is 0.953. The van der Waals surface area contributed by atoms with Crippen LogP contribution in [0.2, 0.25) is 5.02 Å². The Morgan fingerprint density at radius 2 is 2.04 bits per heavy atom. The summed E-state index contributed by atoms with van der Waals surface area (Å²) in [5, 5.41) is 5.66. The van der Waals surface area contributed by atoms with E-state index in [1.165, 1.54) is 0 Å². The molecule has 0 aliphatic carbocycles. The highest BCUT2D eigenvalue weighted by Gasteiger charge is 2.48. The van der Waals surface area contributed by atoms with Gasteiger partial charge in [-0.1, -0.05) is 23.7 Å². The molecule has 2 aliphatic heterocycles. The van der Waals surface area contributed by atoms with Gasteiger partial charge in [0.15, 0.2) is 0 Å². The summed E-state index contributed by atoms with van der Waals surface area (Å²) in [5.74, 6) is 0.886. The molecule has 2 saturated heterocycles. The Morgan fingerprint density at radius 3 is 2.67 bits per heavy atom. The molecular formula is C16H18ClN3O3S. The Morgan fingerprint density at radius 1 is 1.29 bits per heavy atom. The van der Waals surface area contributed by atoms with Gasteiger partial charge in [0.25, 0.3) is 5.91 Å². The average molecular weight is 368 g/mol. The molecule has 1 aromatic carbocycles. The molecule has 3 rings (SSSR count). The molecule has 0 radical (unpaired) electrons. The number of thioether (sulfide) groups is 1. The summed E-state index contributed by atoms with van der Waals surface area (Å²) < 4.78 is 0. The van der Waals surface area contributed by atoms with Gasteiger partial charge in [-0.3, -0.25) is 14.9 Å². The lowest BCUT2D eigenvalue weighted by atomic mass is 9.88. The number of carbonyl (C=O) groups excluding carboxylic acids is 3. The van der Waals surface area contributed by atoms with Crippen molar-refractivity contribution in [2.45, 2.75) is 24.1 Å². The lowest BCUT2D eigenvalue weighted by Gasteiger charge is -2.36. The number of piperidine rings is 1. The van der Waals surface area contributed by atoms with Crippen LogP contribution in [0.25, 0.3) is 0 Å². The first kappa shape index (κ1) is 17.1. The van der Waals surface area contributed by atoms with Crippen molar-refractivity contribution < 1.29 is 14.4 Å². The molecule has 0 unspecified atom stereocenters. The van der Waals surface area contributed by atoms with Gasteiger partial charge in [0, 0.05) is 23.9 Å². The van der Waals surface area contributed by atoms with E-state index in [4.69, 9.17) is 11.6 Å². The van der Waals surface area contributed by atoms with Crippen LogP contribution < -0.4 is 10.6 Å². The summed E-state index contributed by atoms with van der Waals surface area (Å²) in [4.78, 5) is 37.2. The van der Waals surface area contributed by atoms with Gasteiger partial charge in [0.1, 0.15) is 5.54 Å². The van der Waals surface area contributed by atoms with Crippen molar-refractivity contribution in [3.63, 3.8) is 0 Å². The first-order valence-electron chi connectivity index (χ1n) is 7.72. The molecular weight excluding hydrogens is 350 g/mol. The zero-order valence-corrected chi connectivity index (χ0v) is 14.6. The number of amides is 4. The number of likely N-dealkylation sites (tertiary alicyclic amines) is 1. The normalized spacial score (nSPS) is 19.3. The van der Waals surface area contributed by atoms with E-state index >= 15 is 0 Å². The fraction of sp³-hybridized carbons (Fsp3) is 0.438. The predicted molar refractivity (Wildman–Crippen MR) is 92.8 cm³/mol. The number of hydrogen-bond acceptors (Lipinski definition) is 4. The smallest absolute Gasteiger partial charge is 0.322 e. The largest absolute Gasteiger partial charge is 0.342 e. The molecule has 0 aromatic heterocycles. The third-order valence-electron chi connectivity index (χ3n) is 4.37. The Kier molecular flexibility index (Phi) is 5.01. The lowest BCUT2D eigenvalue weighted by Crippen LogP contribution is -2.56. The molecule has 0 atom stereocenters. The molecule has 1 aromatic rings. The molecule has 0 saturated carbocycles. The van der Waals surface area contributed by atoms with Gasteiger partial charge in [-0.15, -0.1) is 11.8 Å². The van der Waals surface area contributed by atoms with Crippen LogP contribution in [0.1, 0.15) is 18.4 Å². The van der Waals surface area contributed by atoms with E-state index in [2.05, 4.69) is 10.6 Å². The summed E-state index contributed by atoms with van der Waals surface area (Å²) in [6.07, 6.45) is 0.907. The third kappa shape index (κ3) is 3.67. The minimum atomic E-state index is -0.832. The SMILES string of the molecule is O=C1NC(=O)C2(CCN(C(=O)CSCc3cccc(Cl)c3)CC2)N1.